The van der Waals surface area contributed by atoms with Gasteiger partial charge in [0.1, 0.15) is 5.75 Å². The molecule has 2 unspecified atom stereocenters. The van der Waals surface area contributed by atoms with E-state index in [1.165, 1.54) is 0 Å². The van der Waals surface area contributed by atoms with Crippen molar-refractivity contribution in [3.8, 4) is 5.75 Å². The summed E-state index contributed by atoms with van der Waals surface area (Å²) in [4.78, 5) is 12.9. The van der Waals surface area contributed by atoms with Crippen molar-refractivity contribution in [1.82, 2.24) is 0 Å². The van der Waals surface area contributed by atoms with Crippen LogP contribution in [0.3, 0.4) is 0 Å². The molecule has 0 radical (unpaired) electrons. The molecule has 2 saturated heterocycles. The molecule has 0 amide bonds. The van der Waals surface area contributed by atoms with Crippen molar-refractivity contribution in [3.05, 3.63) is 29.3 Å². The molecule has 0 spiro atoms. The second-order valence-corrected chi connectivity index (χ2v) is 9.01. The SMILES string of the molecule is COc1ccc(C)cc1C(=O)C1CC2CCCC(C1)S2(=O)=O. The number of ketones is 1. The van der Waals surface area contributed by atoms with E-state index in [9.17, 15) is 13.2 Å². The lowest BCUT2D eigenvalue weighted by Gasteiger charge is -2.38. The number of aryl methyl sites for hydroxylation is 1. The molecule has 2 atom stereocenters. The minimum Gasteiger partial charge on any atom is -0.496 e. The average Bonchev–Trinajstić information content (AvgIpc) is 2.45. The highest BCUT2D eigenvalue weighted by Gasteiger charge is 2.46. The second kappa shape index (κ2) is 5.69. The number of methoxy groups -OCH3 is 1. The van der Waals surface area contributed by atoms with Gasteiger partial charge in [0, 0.05) is 5.92 Å². The van der Waals surface area contributed by atoms with Gasteiger partial charge < -0.3 is 4.74 Å². The molecule has 1 aromatic rings. The highest BCUT2D eigenvalue weighted by Crippen LogP contribution is 2.41. The number of carbonyl (C=O) groups is 1. The van der Waals surface area contributed by atoms with E-state index in [2.05, 4.69) is 0 Å². The van der Waals surface area contributed by atoms with Crippen molar-refractivity contribution in [2.45, 2.75) is 49.5 Å². The minimum atomic E-state index is -3.02. The van der Waals surface area contributed by atoms with Crippen LogP contribution < -0.4 is 4.74 Å². The van der Waals surface area contributed by atoms with Crippen LogP contribution >= 0.6 is 0 Å². The van der Waals surface area contributed by atoms with Crippen molar-refractivity contribution in [2.24, 2.45) is 5.92 Å². The summed E-state index contributed by atoms with van der Waals surface area (Å²) in [5.41, 5.74) is 1.60. The summed E-state index contributed by atoms with van der Waals surface area (Å²) < 4.78 is 30.0. The summed E-state index contributed by atoms with van der Waals surface area (Å²) >= 11 is 0. The number of rotatable bonds is 3. The number of hydrogen-bond donors (Lipinski definition) is 0. The molecule has 2 aliphatic rings. The zero-order valence-corrected chi connectivity index (χ0v) is 13.9. The molecule has 120 valence electrons. The predicted molar refractivity (Wildman–Crippen MR) is 85.1 cm³/mol. The molecule has 2 fully saturated rings. The molecule has 0 N–H and O–H groups in total. The van der Waals surface area contributed by atoms with E-state index in [-0.39, 0.29) is 22.2 Å². The van der Waals surface area contributed by atoms with Crippen molar-refractivity contribution in [2.75, 3.05) is 7.11 Å². The standard InChI is InChI=1S/C17H22O4S/c1-11-6-7-16(21-2)15(8-11)17(18)12-9-13-4-3-5-14(10-12)22(13,19)20/h6-8,12-14H,3-5,9-10H2,1-2H3. The predicted octanol–water partition coefficient (Wildman–Crippen LogP) is 2.93. The van der Waals surface area contributed by atoms with Gasteiger partial charge in [0.05, 0.1) is 23.2 Å². The molecule has 0 aromatic heterocycles. The molecule has 3 rings (SSSR count). The van der Waals surface area contributed by atoms with Gasteiger partial charge in [-0.2, -0.15) is 0 Å². The first-order chi connectivity index (χ1) is 10.4. The quantitative estimate of drug-likeness (QED) is 0.803. The highest BCUT2D eigenvalue weighted by molar-refractivity contribution is 7.92. The van der Waals surface area contributed by atoms with Gasteiger partial charge in [-0.3, -0.25) is 4.79 Å². The first-order valence-electron chi connectivity index (χ1n) is 7.85. The van der Waals surface area contributed by atoms with E-state index in [1.807, 2.05) is 25.1 Å². The molecule has 4 nitrogen and oxygen atoms in total. The Morgan fingerprint density at radius 2 is 1.82 bits per heavy atom. The fourth-order valence-electron chi connectivity index (χ4n) is 3.86. The maximum Gasteiger partial charge on any atom is 0.169 e. The molecule has 2 heterocycles. The molecule has 2 bridgehead atoms. The average molecular weight is 322 g/mol. The molecule has 0 aliphatic carbocycles. The Morgan fingerprint density at radius 3 is 2.41 bits per heavy atom. The maximum absolute atomic E-state index is 12.9. The third kappa shape index (κ3) is 2.56. The molecule has 1 aromatic carbocycles. The highest BCUT2D eigenvalue weighted by atomic mass is 32.2. The van der Waals surface area contributed by atoms with Crippen LogP contribution in [-0.4, -0.2) is 31.8 Å². The third-order valence-corrected chi connectivity index (χ3v) is 7.78. The molecule has 5 heteroatoms. The van der Waals surface area contributed by atoms with E-state index >= 15 is 0 Å². The van der Waals surface area contributed by atoms with Crippen LogP contribution in [0, 0.1) is 12.8 Å². The molecular weight excluding hydrogens is 300 g/mol. The summed E-state index contributed by atoms with van der Waals surface area (Å²) in [7, 11) is -1.46. The molecule has 22 heavy (non-hydrogen) atoms. The van der Waals surface area contributed by atoms with E-state index in [0.29, 0.717) is 37.0 Å². The van der Waals surface area contributed by atoms with Gasteiger partial charge in [0.15, 0.2) is 15.6 Å². The fourth-order valence-corrected chi connectivity index (χ4v) is 6.39. The lowest BCUT2D eigenvalue weighted by atomic mass is 9.84. The molecular formula is C17H22O4S. The Morgan fingerprint density at radius 1 is 1.18 bits per heavy atom. The lowest BCUT2D eigenvalue weighted by Crippen LogP contribution is -2.45. The van der Waals surface area contributed by atoms with Crippen LogP contribution in [0.25, 0.3) is 0 Å². The van der Waals surface area contributed by atoms with Crippen LogP contribution in [0.5, 0.6) is 5.75 Å². The van der Waals surface area contributed by atoms with Crippen LogP contribution in [0.15, 0.2) is 18.2 Å². The summed E-state index contributed by atoms with van der Waals surface area (Å²) in [6.45, 7) is 1.94. The van der Waals surface area contributed by atoms with Crippen LogP contribution in [0.4, 0.5) is 0 Å². The zero-order valence-electron chi connectivity index (χ0n) is 13.0. The monoisotopic (exact) mass is 322 g/mol. The number of hydrogen-bond acceptors (Lipinski definition) is 4. The Labute approximate surface area is 131 Å². The Bertz CT molecular complexity index is 673. The van der Waals surface area contributed by atoms with Crippen LogP contribution in [0.1, 0.15) is 48.0 Å². The third-order valence-electron chi connectivity index (χ3n) is 5.07. The van der Waals surface area contributed by atoms with E-state index in [1.54, 1.807) is 7.11 Å². The minimum absolute atomic E-state index is 0.0346. The summed E-state index contributed by atoms with van der Waals surface area (Å²) in [6.07, 6.45) is 3.30. The summed E-state index contributed by atoms with van der Waals surface area (Å²) in [6, 6.07) is 5.57. The van der Waals surface area contributed by atoms with Gasteiger partial charge in [-0.05, 0) is 44.7 Å². The molecule has 0 saturated carbocycles. The normalized spacial score (nSPS) is 29.8. The fraction of sp³-hybridized carbons (Fsp3) is 0.588. The van der Waals surface area contributed by atoms with Crippen molar-refractivity contribution >= 4 is 15.6 Å². The van der Waals surface area contributed by atoms with Crippen molar-refractivity contribution in [3.63, 3.8) is 0 Å². The van der Waals surface area contributed by atoms with Crippen LogP contribution in [0.2, 0.25) is 0 Å². The second-order valence-electron chi connectivity index (χ2n) is 6.50. The first-order valence-corrected chi connectivity index (χ1v) is 9.46. The number of carbonyl (C=O) groups excluding carboxylic acids is 1. The topological polar surface area (TPSA) is 60.4 Å². The zero-order chi connectivity index (χ0) is 15.9. The number of ether oxygens (including phenoxy) is 1. The van der Waals surface area contributed by atoms with E-state index in [0.717, 1.165) is 12.0 Å². The summed E-state index contributed by atoms with van der Waals surface area (Å²) in [5.74, 6) is 0.413. The number of fused-ring (bicyclic) bond motifs is 2. The van der Waals surface area contributed by atoms with Gasteiger partial charge in [-0.15, -0.1) is 0 Å². The smallest absolute Gasteiger partial charge is 0.169 e. The maximum atomic E-state index is 12.9. The van der Waals surface area contributed by atoms with Crippen molar-refractivity contribution < 1.29 is 17.9 Å². The first kappa shape index (κ1) is 15.5. The molecule has 2 aliphatic heterocycles. The van der Waals surface area contributed by atoms with E-state index < -0.39 is 9.84 Å². The largest absolute Gasteiger partial charge is 0.496 e. The number of sulfone groups is 1. The van der Waals surface area contributed by atoms with E-state index in [4.69, 9.17) is 4.74 Å². The van der Waals surface area contributed by atoms with Crippen LogP contribution in [-0.2, 0) is 9.84 Å². The van der Waals surface area contributed by atoms with Crippen molar-refractivity contribution in [1.29, 1.82) is 0 Å². The lowest BCUT2D eigenvalue weighted by molar-refractivity contribution is 0.0891. The Balaban J connectivity index is 1.90. The van der Waals surface area contributed by atoms with Gasteiger partial charge in [-0.1, -0.05) is 18.1 Å². The number of benzene rings is 1. The Hall–Kier alpha value is -1.36. The van der Waals surface area contributed by atoms with Gasteiger partial charge in [0.2, 0.25) is 0 Å². The van der Waals surface area contributed by atoms with Gasteiger partial charge in [0.25, 0.3) is 0 Å². The Kier molecular flexibility index (Phi) is 4.02. The summed E-state index contributed by atoms with van der Waals surface area (Å²) in [5, 5.41) is -0.658. The van der Waals surface area contributed by atoms with Gasteiger partial charge >= 0.3 is 0 Å². The van der Waals surface area contributed by atoms with Gasteiger partial charge in [-0.25, -0.2) is 8.42 Å². The number of Topliss-reactive ketones (excluding diaryl/α,β-unsaturated/α-hetero) is 1.